The molecule has 1 N–H and O–H groups in total. The Bertz CT molecular complexity index is 416. The van der Waals surface area contributed by atoms with Gasteiger partial charge in [-0.15, -0.1) is 0 Å². The molecule has 0 aliphatic carbocycles. The largest absolute Gasteiger partial charge is 0.497 e. The average Bonchev–Trinajstić information content (AvgIpc) is 2.99. The second-order valence-electron chi connectivity index (χ2n) is 5.21. The highest BCUT2D eigenvalue weighted by Gasteiger charge is 2.16. The molecule has 0 spiro atoms. The van der Waals surface area contributed by atoms with E-state index in [1.54, 1.807) is 14.2 Å². The zero-order valence-electron chi connectivity index (χ0n) is 12.6. The number of benzene rings is 1. The topological polar surface area (TPSA) is 39.7 Å². The minimum absolute atomic E-state index is 0.224. The van der Waals surface area contributed by atoms with Crippen LogP contribution >= 0.6 is 0 Å². The summed E-state index contributed by atoms with van der Waals surface area (Å²) in [4.78, 5) is 0. The number of hydrogen-bond acceptors (Lipinski definition) is 4. The molecule has 2 atom stereocenters. The maximum atomic E-state index is 5.64. The Balaban J connectivity index is 1.91. The molecule has 112 valence electrons. The van der Waals surface area contributed by atoms with Crippen molar-refractivity contribution in [3.8, 4) is 11.5 Å². The van der Waals surface area contributed by atoms with Crippen molar-refractivity contribution in [2.45, 2.75) is 38.3 Å². The van der Waals surface area contributed by atoms with Crippen molar-refractivity contribution >= 4 is 0 Å². The highest BCUT2D eigenvalue weighted by molar-refractivity contribution is 5.42. The fourth-order valence-electron chi connectivity index (χ4n) is 2.62. The van der Waals surface area contributed by atoms with Crippen molar-refractivity contribution in [2.75, 3.05) is 27.4 Å². The van der Waals surface area contributed by atoms with Crippen LogP contribution in [0.15, 0.2) is 18.2 Å². The predicted molar refractivity (Wildman–Crippen MR) is 79.6 cm³/mol. The van der Waals surface area contributed by atoms with E-state index in [1.165, 1.54) is 12.8 Å². The first-order valence-corrected chi connectivity index (χ1v) is 7.31. The van der Waals surface area contributed by atoms with Crippen molar-refractivity contribution in [1.29, 1.82) is 0 Å². The zero-order valence-corrected chi connectivity index (χ0v) is 12.6. The Kier molecular flexibility index (Phi) is 5.68. The zero-order chi connectivity index (χ0) is 14.4. The number of nitrogens with one attached hydrogen (secondary N) is 1. The van der Waals surface area contributed by atoms with Crippen LogP contribution in [0.1, 0.15) is 37.8 Å². The van der Waals surface area contributed by atoms with Gasteiger partial charge in [0.15, 0.2) is 0 Å². The number of rotatable bonds is 7. The van der Waals surface area contributed by atoms with Crippen LogP contribution in [-0.4, -0.2) is 33.5 Å². The van der Waals surface area contributed by atoms with E-state index in [0.29, 0.717) is 6.10 Å². The number of hydrogen-bond donors (Lipinski definition) is 1. The molecule has 1 aromatic carbocycles. The van der Waals surface area contributed by atoms with Crippen LogP contribution in [0.5, 0.6) is 11.5 Å². The van der Waals surface area contributed by atoms with E-state index in [4.69, 9.17) is 14.2 Å². The van der Waals surface area contributed by atoms with Crippen molar-refractivity contribution in [3.63, 3.8) is 0 Å². The van der Waals surface area contributed by atoms with E-state index in [-0.39, 0.29) is 6.04 Å². The molecular weight excluding hydrogens is 254 g/mol. The molecule has 1 aliphatic heterocycles. The van der Waals surface area contributed by atoms with Crippen molar-refractivity contribution in [1.82, 2.24) is 5.32 Å². The quantitative estimate of drug-likeness (QED) is 0.833. The normalized spacial score (nSPS) is 19.9. The van der Waals surface area contributed by atoms with Gasteiger partial charge in [-0.2, -0.15) is 0 Å². The third-order valence-corrected chi connectivity index (χ3v) is 3.84. The molecule has 0 bridgehead atoms. The van der Waals surface area contributed by atoms with Crippen molar-refractivity contribution in [3.05, 3.63) is 23.8 Å². The average molecular weight is 279 g/mol. The Morgan fingerprint density at radius 3 is 2.85 bits per heavy atom. The third kappa shape index (κ3) is 3.87. The number of ether oxygens (including phenoxy) is 3. The minimum Gasteiger partial charge on any atom is -0.497 e. The summed E-state index contributed by atoms with van der Waals surface area (Å²) in [5.74, 6) is 1.75. The summed E-state index contributed by atoms with van der Waals surface area (Å²) < 4.78 is 16.3. The van der Waals surface area contributed by atoms with Gasteiger partial charge in [-0.3, -0.25) is 0 Å². The van der Waals surface area contributed by atoms with E-state index >= 15 is 0 Å². The van der Waals surface area contributed by atoms with Crippen molar-refractivity contribution in [2.24, 2.45) is 0 Å². The fourth-order valence-corrected chi connectivity index (χ4v) is 2.62. The monoisotopic (exact) mass is 279 g/mol. The molecule has 1 fully saturated rings. The molecule has 0 radical (unpaired) electrons. The number of methoxy groups -OCH3 is 2. The predicted octanol–water partition coefficient (Wildman–Crippen LogP) is 2.92. The lowest BCUT2D eigenvalue weighted by Gasteiger charge is -2.19. The van der Waals surface area contributed by atoms with Gasteiger partial charge in [-0.25, -0.2) is 0 Å². The third-order valence-electron chi connectivity index (χ3n) is 3.84. The summed E-state index contributed by atoms with van der Waals surface area (Å²) in [6.45, 7) is 4.02. The van der Waals surface area contributed by atoms with Gasteiger partial charge in [-0.05, 0) is 50.9 Å². The molecule has 0 saturated carbocycles. The van der Waals surface area contributed by atoms with E-state index in [0.717, 1.165) is 36.6 Å². The lowest BCUT2D eigenvalue weighted by Crippen LogP contribution is -2.23. The first-order valence-electron chi connectivity index (χ1n) is 7.31. The molecule has 1 aliphatic rings. The van der Waals surface area contributed by atoms with Gasteiger partial charge >= 0.3 is 0 Å². The smallest absolute Gasteiger partial charge is 0.123 e. The Morgan fingerprint density at radius 2 is 2.20 bits per heavy atom. The molecule has 1 heterocycles. The molecule has 0 amide bonds. The Morgan fingerprint density at radius 1 is 1.35 bits per heavy atom. The van der Waals surface area contributed by atoms with Crippen LogP contribution in [0.2, 0.25) is 0 Å². The van der Waals surface area contributed by atoms with Gasteiger partial charge in [0.25, 0.3) is 0 Å². The van der Waals surface area contributed by atoms with Crippen LogP contribution in [0.4, 0.5) is 0 Å². The molecule has 0 aromatic heterocycles. The van der Waals surface area contributed by atoms with E-state index < -0.39 is 0 Å². The maximum Gasteiger partial charge on any atom is 0.123 e. The van der Waals surface area contributed by atoms with E-state index in [9.17, 15) is 0 Å². The van der Waals surface area contributed by atoms with Crippen LogP contribution in [-0.2, 0) is 4.74 Å². The van der Waals surface area contributed by atoms with Crippen LogP contribution < -0.4 is 14.8 Å². The second kappa shape index (κ2) is 7.50. The molecule has 2 unspecified atom stereocenters. The molecule has 1 saturated heterocycles. The standard InChI is InChI=1S/C16H25NO3/c1-12(17-9-8-13-5-4-10-20-13)15-11-14(18-2)6-7-16(15)19-3/h6-7,11-13,17H,4-5,8-10H2,1-3H3. The molecular formula is C16H25NO3. The molecule has 4 nitrogen and oxygen atoms in total. The Hall–Kier alpha value is -1.26. The summed E-state index contributed by atoms with van der Waals surface area (Å²) in [5, 5.41) is 3.54. The van der Waals surface area contributed by atoms with Gasteiger partial charge in [0, 0.05) is 18.2 Å². The Labute approximate surface area is 121 Å². The lowest BCUT2D eigenvalue weighted by atomic mass is 10.1. The minimum atomic E-state index is 0.224. The van der Waals surface area contributed by atoms with E-state index in [1.807, 2.05) is 18.2 Å². The van der Waals surface area contributed by atoms with Crippen LogP contribution in [0.3, 0.4) is 0 Å². The molecule has 1 aromatic rings. The van der Waals surface area contributed by atoms with Gasteiger partial charge < -0.3 is 19.5 Å². The fraction of sp³-hybridized carbons (Fsp3) is 0.625. The summed E-state index contributed by atoms with van der Waals surface area (Å²) in [6.07, 6.45) is 3.89. The molecule has 2 rings (SSSR count). The van der Waals surface area contributed by atoms with Gasteiger partial charge in [0.2, 0.25) is 0 Å². The lowest BCUT2D eigenvalue weighted by molar-refractivity contribution is 0.103. The summed E-state index contributed by atoms with van der Waals surface area (Å²) >= 11 is 0. The van der Waals surface area contributed by atoms with Gasteiger partial charge in [-0.1, -0.05) is 0 Å². The molecule has 20 heavy (non-hydrogen) atoms. The van der Waals surface area contributed by atoms with Crippen LogP contribution in [0, 0.1) is 0 Å². The van der Waals surface area contributed by atoms with Gasteiger partial charge in [0.05, 0.1) is 20.3 Å². The van der Waals surface area contributed by atoms with Crippen LogP contribution in [0.25, 0.3) is 0 Å². The highest BCUT2D eigenvalue weighted by atomic mass is 16.5. The summed E-state index contributed by atoms with van der Waals surface area (Å²) in [6, 6.07) is 6.12. The van der Waals surface area contributed by atoms with Crippen molar-refractivity contribution < 1.29 is 14.2 Å². The first kappa shape index (κ1) is 15.1. The van der Waals surface area contributed by atoms with E-state index in [2.05, 4.69) is 12.2 Å². The summed E-state index contributed by atoms with van der Waals surface area (Å²) in [7, 11) is 3.38. The highest BCUT2D eigenvalue weighted by Crippen LogP contribution is 2.29. The maximum absolute atomic E-state index is 5.64. The molecule has 4 heteroatoms. The second-order valence-corrected chi connectivity index (χ2v) is 5.21. The first-order chi connectivity index (χ1) is 9.74. The van der Waals surface area contributed by atoms with Gasteiger partial charge in [0.1, 0.15) is 11.5 Å². The summed E-state index contributed by atoms with van der Waals surface area (Å²) in [5.41, 5.74) is 1.12. The SMILES string of the molecule is COc1ccc(OC)c(C(C)NCCC2CCCO2)c1.